The summed E-state index contributed by atoms with van der Waals surface area (Å²) in [4.78, 5) is 25.4. The maximum Gasteiger partial charge on any atom is 0.303 e. The highest BCUT2D eigenvalue weighted by Gasteiger charge is 2.24. The molecule has 0 fully saturated rings. The minimum atomic E-state index is -0.836. The summed E-state index contributed by atoms with van der Waals surface area (Å²) in [5, 5.41) is 12.5. The van der Waals surface area contributed by atoms with Crippen LogP contribution in [0.4, 0.5) is 5.69 Å². The molecule has 3 rings (SSSR count). The van der Waals surface area contributed by atoms with Crippen molar-refractivity contribution in [1.29, 1.82) is 0 Å². The number of aliphatic carboxylic acids is 1. The van der Waals surface area contributed by atoms with E-state index in [4.69, 9.17) is 15.1 Å². The van der Waals surface area contributed by atoms with Gasteiger partial charge in [0.05, 0.1) is 17.1 Å². The second kappa shape index (κ2) is 8.62. The van der Waals surface area contributed by atoms with Gasteiger partial charge in [0.15, 0.2) is 0 Å². The molecule has 0 amide bonds. The molecule has 1 aliphatic rings. The van der Waals surface area contributed by atoms with Crippen LogP contribution >= 0.6 is 0 Å². The Bertz CT molecular complexity index is 881. The van der Waals surface area contributed by atoms with Gasteiger partial charge in [-0.2, -0.15) is 0 Å². The first-order valence-electron chi connectivity index (χ1n) is 9.23. The fourth-order valence-corrected chi connectivity index (χ4v) is 3.01. The molecule has 2 heterocycles. The van der Waals surface area contributed by atoms with Crippen LogP contribution < -0.4 is 10.8 Å². The lowest BCUT2D eigenvalue weighted by Crippen LogP contribution is -2.34. The number of aromatic nitrogens is 1. The number of rotatable bonds is 6. The second-order valence-corrected chi connectivity index (χ2v) is 6.59. The molecule has 1 aromatic heterocycles. The van der Waals surface area contributed by atoms with E-state index < -0.39 is 5.97 Å². The van der Waals surface area contributed by atoms with Crippen molar-refractivity contribution >= 4 is 36.5 Å². The molecule has 0 bridgehead atoms. The van der Waals surface area contributed by atoms with E-state index in [1.807, 2.05) is 38.2 Å². The number of benzene rings is 1. The smallest absolute Gasteiger partial charge is 0.303 e. The Morgan fingerprint density at radius 2 is 2.15 bits per heavy atom. The van der Waals surface area contributed by atoms with E-state index in [1.165, 1.54) is 0 Å². The third kappa shape index (κ3) is 4.61. The van der Waals surface area contributed by atoms with E-state index in [0.717, 1.165) is 41.1 Å². The first kappa shape index (κ1) is 18.8. The summed E-state index contributed by atoms with van der Waals surface area (Å²) in [6.45, 7) is 2.84. The number of carboxylic acids is 1. The van der Waals surface area contributed by atoms with Crippen LogP contribution in [-0.4, -0.2) is 48.0 Å². The SMILES string of the molecule is Bc1ccc2c(c1)C(c1ccccn1)=N[C@@H](CCC(=O)O)C(NCCC)=N2. The van der Waals surface area contributed by atoms with E-state index in [2.05, 4.69) is 23.3 Å². The van der Waals surface area contributed by atoms with Crippen LogP contribution in [0.2, 0.25) is 0 Å². The Morgan fingerprint density at radius 3 is 2.85 bits per heavy atom. The van der Waals surface area contributed by atoms with Crippen molar-refractivity contribution in [2.45, 2.75) is 32.2 Å². The maximum atomic E-state index is 11.1. The molecule has 0 saturated carbocycles. The van der Waals surface area contributed by atoms with Crippen LogP contribution in [0.3, 0.4) is 0 Å². The molecule has 0 saturated heterocycles. The predicted molar refractivity (Wildman–Crippen MR) is 111 cm³/mol. The lowest BCUT2D eigenvalue weighted by Gasteiger charge is -2.16. The molecule has 7 heteroatoms. The number of nitrogens with one attached hydrogen (secondary N) is 1. The predicted octanol–water partition coefficient (Wildman–Crippen LogP) is 1.45. The van der Waals surface area contributed by atoms with Gasteiger partial charge in [-0.1, -0.05) is 30.6 Å². The molecule has 138 valence electrons. The summed E-state index contributed by atoms with van der Waals surface area (Å²) >= 11 is 0. The van der Waals surface area contributed by atoms with Gasteiger partial charge < -0.3 is 10.4 Å². The summed E-state index contributed by atoms with van der Waals surface area (Å²) in [6, 6.07) is 11.4. The van der Waals surface area contributed by atoms with Gasteiger partial charge in [-0.25, -0.2) is 4.99 Å². The van der Waals surface area contributed by atoms with Crippen LogP contribution in [0.5, 0.6) is 0 Å². The number of amidine groups is 1. The van der Waals surface area contributed by atoms with Crippen LogP contribution in [0.25, 0.3) is 0 Å². The van der Waals surface area contributed by atoms with E-state index >= 15 is 0 Å². The van der Waals surface area contributed by atoms with Gasteiger partial charge in [0, 0.05) is 24.7 Å². The van der Waals surface area contributed by atoms with Gasteiger partial charge in [0.2, 0.25) is 0 Å². The van der Waals surface area contributed by atoms with Gasteiger partial charge in [0.1, 0.15) is 19.7 Å². The van der Waals surface area contributed by atoms with Crippen molar-refractivity contribution in [2.24, 2.45) is 9.98 Å². The van der Waals surface area contributed by atoms with Crippen molar-refractivity contribution in [2.75, 3.05) is 6.54 Å². The summed E-state index contributed by atoms with van der Waals surface area (Å²) in [5.41, 5.74) is 4.36. The van der Waals surface area contributed by atoms with Crippen LogP contribution in [-0.2, 0) is 4.79 Å². The minimum Gasteiger partial charge on any atom is -0.481 e. The van der Waals surface area contributed by atoms with Crippen molar-refractivity contribution in [1.82, 2.24) is 10.3 Å². The first-order valence-corrected chi connectivity index (χ1v) is 9.23. The average Bonchev–Trinajstić information content (AvgIpc) is 2.82. The summed E-state index contributed by atoms with van der Waals surface area (Å²) in [6.07, 6.45) is 3.10. The molecule has 1 aromatic carbocycles. The standard InChI is InChI=1S/C20H23BN4O2/c1-2-10-23-20-17(8-9-18(26)27)24-19(16-5-3-4-11-22-16)14-12-13(21)6-7-15(14)25-20/h3-7,11-12,17H,2,8-10,21H2,1H3,(H,23,25)(H,26,27)/t17-/m0/s1. The second-order valence-electron chi connectivity index (χ2n) is 6.59. The third-order valence-corrected chi connectivity index (χ3v) is 4.34. The number of fused-ring (bicyclic) bond motifs is 1. The molecule has 27 heavy (non-hydrogen) atoms. The zero-order valence-corrected chi connectivity index (χ0v) is 15.6. The number of aliphatic imine (C=N–C) groups is 2. The van der Waals surface area contributed by atoms with Crippen molar-refractivity contribution in [3.63, 3.8) is 0 Å². The van der Waals surface area contributed by atoms with Crippen LogP contribution in [0.15, 0.2) is 52.6 Å². The molecule has 1 atom stereocenters. The fourth-order valence-electron chi connectivity index (χ4n) is 3.01. The van der Waals surface area contributed by atoms with Gasteiger partial charge in [0.25, 0.3) is 0 Å². The normalized spacial score (nSPS) is 16.0. The van der Waals surface area contributed by atoms with Gasteiger partial charge in [-0.15, -0.1) is 0 Å². The molecule has 1 aliphatic heterocycles. The van der Waals surface area contributed by atoms with Crippen LogP contribution in [0.1, 0.15) is 37.4 Å². The molecular weight excluding hydrogens is 339 g/mol. The van der Waals surface area contributed by atoms with Crippen molar-refractivity contribution in [3.8, 4) is 0 Å². The average molecular weight is 362 g/mol. The highest BCUT2D eigenvalue weighted by atomic mass is 16.4. The summed E-state index contributed by atoms with van der Waals surface area (Å²) in [5.74, 6) is -0.119. The Balaban J connectivity index is 2.13. The monoisotopic (exact) mass is 362 g/mol. The van der Waals surface area contributed by atoms with Crippen molar-refractivity contribution in [3.05, 3.63) is 53.9 Å². The zero-order valence-electron chi connectivity index (χ0n) is 15.6. The lowest BCUT2D eigenvalue weighted by atomic mass is 9.91. The Kier molecular flexibility index (Phi) is 6.01. The minimum absolute atomic E-state index is 0.0336. The number of carbonyl (C=O) groups is 1. The highest BCUT2D eigenvalue weighted by molar-refractivity contribution is 6.33. The fraction of sp³-hybridized carbons (Fsp3) is 0.300. The Labute approximate surface area is 159 Å². The molecule has 2 aromatic rings. The molecular formula is C20H23BN4O2. The first-order chi connectivity index (χ1) is 13.1. The Hall–Kier alpha value is -2.96. The topological polar surface area (TPSA) is 86.9 Å². The number of nitrogens with zero attached hydrogens (tertiary/aromatic N) is 3. The number of hydrogen-bond acceptors (Lipinski definition) is 5. The third-order valence-electron chi connectivity index (χ3n) is 4.34. The summed E-state index contributed by atoms with van der Waals surface area (Å²) in [7, 11) is 2.03. The van der Waals surface area contributed by atoms with Gasteiger partial charge in [-0.05, 0) is 31.0 Å². The molecule has 2 N–H and O–H groups in total. The van der Waals surface area contributed by atoms with Crippen molar-refractivity contribution < 1.29 is 9.90 Å². The van der Waals surface area contributed by atoms with Gasteiger partial charge >= 0.3 is 5.97 Å². The molecule has 0 spiro atoms. The molecule has 0 radical (unpaired) electrons. The number of pyridine rings is 1. The molecule has 0 unspecified atom stereocenters. The van der Waals surface area contributed by atoms with E-state index in [1.54, 1.807) is 6.20 Å². The zero-order chi connectivity index (χ0) is 19.2. The largest absolute Gasteiger partial charge is 0.481 e. The Morgan fingerprint density at radius 1 is 1.30 bits per heavy atom. The van der Waals surface area contributed by atoms with Gasteiger partial charge in [-0.3, -0.25) is 14.8 Å². The number of carboxylic acid groups (broad SMARTS) is 1. The van der Waals surface area contributed by atoms with E-state index in [0.29, 0.717) is 12.3 Å². The highest BCUT2D eigenvalue weighted by Crippen LogP contribution is 2.26. The lowest BCUT2D eigenvalue weighted by molar-refractivity contribution is -0.137. The molecule has 6 nitrogen and oxygen atoms in total. The van der Waals surface area contributed by atoms with Crippen LogP contribution in [0, 0.1) is 0 Å². The molecule has 0 aliphatic carbocycles. The number of hydrogen-bond donors (Lipinski definition) is 2. The van der Waals surface area contributed by atoms with E-state index in [9.17, 15) is 4.79 Å². The summed E-state index contributed by atoms with van der Waals surface area (Å²) < 4.78 is 0. The maximum absolute atomic E-state index is 11.1. The quantitative estimate of drug-likeness (QED) is 0.762. The van der Waals surface area contributed by atoms with E-state index in [-0.39, 0.29) is 12.5 Å².